The minimum atomic E-state index is 0.267. The molecule has 0 unspecified atom stereocenters. The molecule has 62 valence electrons. The highest BCUT2D eigenvalue weighted by molar-refractivity contribution is 6.00. The van der Waals surface area contributed by atoms with Gasteiger partial charge in [0.15, 0.2) is 0 Å². The minimum Gasteiger partial charge on any atom is -0.403 e. The van der Waals surface area contributed by atoms with E-state index in [0.29, 0.717) is 5.70 Å². The van der Waals surface area contributed by atoms with Gasteiger partial charge < -0.3 is 11.5 Å². The number of nitrogens with two attached hydrogens (primary N) is 2. The predicted molar refractivity (Wildman–Crippen MR) is 47.2 cm³/mol. The lowest BCUT2D eigenvalue weighted by Gasteiger charge is -2.14. The lowest BCUT2D eigenvalue weighted by molar-refractivity contribution is 0.423. The number of hydrogen-bond acceptors (Lipinski definition) is 3. The van der Waals surface area contributed by atoms with Crippen LogP contribution >= 0.6 is 0 Å². The van der Waals surface area contributed by atoms with E-state index < -0.39 is 0 Å². The third kappa shape index (κ3) is 1.73. The fraction of sp³-hybridized carbons (Fsp3) is 0.625. The molecule has 0 aliphatic carbocycles. The third-order valence-corrected chi connectivity index (χ3v) is 1.86. The van der Waals surface area contributed by atoms with Crippen molar-refractivity contribution in [3.8, 4) is 0 Å². The average molecular weight is 153 g/mol. The Labute approximate surface area is 67.2 Å². The highest BCUT2D eigenvalue weighted by Gasteiger charge is 2.26. The molecule has 0 aromatic heterocycles. The number of rotatable bonds is 1. The number of aliphatic imine (C=N–C) groups is 1. The van der Waals surface area contributed by atoms with E-state index in [1.807, 2.05) is 0 Å². The van der Waals surface area contributed by atoms with Crippen LogP contribution in [0.15, 0.2) is 16.9 Å². The molecule has 0 fully saturated rings. The molecule has 0 aromatic rings. The predicted octanol–water partition coefficient (Wildman–Crippen LogP) is 0.616. The highest BCUT2D eigenvalue weighted by atomic mass is 14.8. The molecule has 4 N–H and O–H groups in total. The molecular formula is C8H15N3. The van der Waals surface area contributed by atoms with E-state index in [-0.39, 0.29) is 5.41 Å². The van der Waals surface area contributed by atoms with Crippen molar-refractivity contribution in [2.24, 2.45) is 21.9 Å². The van der Waals surface area contributed by atoms with Crippen molar-refractivity contribution < 1.29 is 0 Å². The lowest BCUT2D eigenvalue weighted by atomic mass is 9.90. The summed E-state index contributed by atoms with van der Waals surface area (Å²) >= 11 is 0. The second-order valence-corrected chi connectivity index (χ2v) is 3.73. The summed E-state index contributed by atoms with van der Waals surface area (Å²) in [6.07, 6.45) is 2.35. The van der Waals surface area contributed by atoms with Gasteiger partial charge in [0, 0.05) is 12.7 Å². The fourth-order valence-corrected chi connectivity index (χ4v) is 1.16. The van der Waals surface area contributed by atoms with Crippen LogP contribution in [0.5, 0.6) is 0 Å². The van der Waals surface area contributed by atoms with E-state index in [1.54, 1.807) is 0 Å². The first-order valence-electron chi connectivity index (χ1n) is 3.76. The molecule has 3 heteroatoms. The van der Waals surface area contributed by atoms with Crippen LogP contribution in [0.1, 0.15) is 20.3 Å². The summed E-state index contributed by atoms with van der Waals surface area (Å²) in [5.41, 5.74) is 12.7. The number of nitrogens with zero attached hydrogens (tertiary/aromatic N) is 1. The monoisotopic (exact) mass is 153 g/mol. The normalized spacial score (nSPS) is 23.5. The first-order chi connectivity index (χ1) is 5.05. The van der Waals surface area contributed by atoms with Crippen molar-refractivity contribution in [1.82, 2.24) is 0 Å². The van der Waals surface area contributed by atoms with E-state index in [4.69, 9.17) is 11.5 Å². The molecule has 1 rings (SSSR count). The summed E-state index contributed by atoms with van der Waals surface area (Å²) < 4.78 is 0. The van der Waals surface area contributed by atoms with Gasteiger partial charge >= 0.3 is 0 Å². The first kappa shape index (κ1) is 8.11. The maximum Gasteiger partial charge on any atom is 0.0685 e. The van der Waals surface area contributed by atoms with Gasteiger partial charge in [-0.1, -0.05) is 13.8 Å². The Balaban J connectivity index is 2.67. The largest absolute Gasteiger partial charge is 0.403 e. The molecule has 1 aliphatic heterocycles. The van der Waals surface area contributed by atoms with Crippen molar-refractivity contribution >= 4 is 5.71 Å². The molecule has 0 saturated heterocycles. The van der Waals surface area contributed by atoms with Gasteiger partial charge in [-0.15, -0.1) is 0 Å². The molecule has 0 aromatic carbocycles. The van der Waals surface area contributed by atoms with Crippen LogP contribution in [0.2, 0.25) is 0 Å². The quantitative estimate of drug-likeness (QED) is 0.580. The van der Waals surface area contributed by atoms with Gasteiger partial charge in [0.2, 0.25) is 0 Å². The van der Waals surface area contributed by atoms with E-state index in [0.717, 1.165) is 18.7 Å². The zero-order chi connectivity index (χ0) is 8.48. The van der Waals surface area contributed by atoms with Crippen molar-refractivity contribution in [1.29, 1.82) is 0 Å². The van der Waals surface area contributed by atoms with Crippen molar-refractivity contribution in [2.75, 3.05) is 6.54 Å². The smallest absolute Gasteiger partial charge is 0.0685 e. The summed E-state index contributed by atoms with van der Waals surface area (Å²) in [6.45, 7) is 5.21. The van der Waals surface area contributed by atoms with Gasteiger partial charge in [0.05, 0.1) is 11.4 Å². The van der Waals surface area contributed by atoms with Crippen molar-refractivity contribution in [3.63, 3.8) is 0 Å². The third-order valence-electron chi connectivity index (χ3n) is 1.86. The summed E-state index contributed by atoms with van der Waals surface area (Å²) in [5, 5.41) is 0. The van der Waals surface area contributed by atoms with Gasteiger partial charge in [-0.25, -0.2) is 0 Å². The van der Waals surface area contributed by atoms with E-state index in [2.05, 4.69) is 18.8 Å². The van der Waals surface area contributed by atoms with Crippen LogP contribution in [0.25, 0.3) is 0 Å². The lowest BCUT2D eigenvalue weighted by Crippen LogP contribution is -2.16. The first-order valence-corrected chi connectivity index (χ1v) is 3.76. The van der Waals surface area contributed by atoms with Crippen LogP contribution in [0, 0.1) is 5.41 Å². The summed E-state index contributed by atoms with van der Waals surface area (Å²) in [4.78, 5) is 4.30. The molecule has 0 saturated carbocycles. The van der Waals surface area contributed by atoms with Crippen LogP contribution < -0.4 is 11.5 Å². The Bertz CT molecular complexity index is 213. The molecule has 0 radical (unpaired) electrons. The van der Waals surface area contributed by atoms with Gasteiger partial charge in [0.1, 0.15) is 0 Å². The Morgan fingerprint density at radius 3 is 2.64 bits per heavy atom. The zero-order valence-electron chi connectivity index (χ0n) is 7.09. The summed E-state index contributed by atoms with van der Waals surface area (Å²) in [7, 11) is 0. The van der Waals surface area contributed by atoms with Crippen molar-refractivity contribution in [3.05, 3.63) is 11.9 Å². The number of hydrogen-bond donors (Lipinski definition) is 2. The highest BCUT2D eigenvalue weighted by Crippen LogP contribution is 2.28. The maximum absolute atomic E-state index is 5.60. The molecule has 1 heterocycles. The fourth-order valence-electron chi connectivity index (χ4n) is 1.16. The molecule has 0 amide bonds. The SMILES string of the molecule is CC1(C)CN=C(C(N)=CN)C1. The van der Waals surface area contributed by atoms with Crippen molar-refractivity contribution in [2.45, 2.75) is 20.3 Å². The van der Waals surface area contributed by atoms with Gasteiger partial charge in [-0.2, -0.15) is 0 Å². The Kier molecular flexibility index (Phi) is 1.89. The van der Waals surface area contributed by atoms with Crippen LogP contribution in [-0.2, 0) is 0 Å². The Hall–Kier alpha value is -0.990. The molecule has 3 nitrogen and oxygen atoms in total. The standard InChI is InChI=1S/C8H15N3/c1-8(2)3-7(11-5-8)6(10)4-9/h4H,3,5,9-10H2,1-2H3. The van der Waals surface area contributed by atoms with E-state index in [1.165, 1.54) is 6.20 Å². The Morgan fingerprint density at radius 2 is 2.27 bits per heavy atom. The van der Waals surface area contributed by atoms with Crippen LogP contribution in [-0.4, -0.2) is 12.3 Å². The summed E-state index contributed by atoms with van der Waals surface area (Å²) in [6, 6.07) is 0. The van der Waals surface area contributed by atoms with E-state index >= 15 is 0 Å². The molecule has 1 aliphatic rings. The zero-order valence-corrected chi connectivity index (χ0v) is 7.09. The molecule has 0 atom stereocenters. The van der Waals surface area contributed by atoms with Crippen LogP contribution in [0.3, 0.4) is 0 Å². The van der Waals surface area contributed by atoms with Crippen LogP contribution in [0.4, 0.5) is 0 Å². The van der Waals surface area contributed by atoms with E-state index in [9.17, 15) is 0 Å². The topological polar surface area (TPSA) is 64.4 Å². The van der Waals surface area contributed by atoms with Gasteiger partial charge in [-0.3, -0.25) is 4.99 Å². The van der Waals surface area contributed by atoms with Gasteiger partial charge in [-0.05, 0) is 11.8 Å². The average Bonchev–Trinajstić information content (AvgIpc) is 2.29. The molecule has 11 heavy (non-hydrogen) atoms. The molecular weight excluding hydrogens is 138 g/mol. The van der Waals surface area contributed by atoms with Gasteiger partial charge in [0.25, 0.3) is 0 Å². The second-order valence-electron chi connectivity index (χ2n) is 3.73. The number of allylic oxidation sites excluding steroid dienone is 1. The summed E-state index contributed by atoms with van der Waals surface area (Å²) in [5.74, 6) is 0. The minimum absolute atomic E-state index is 0.267. The molecule has 0 spiro atoms. The molecule has 0 bridgehead atoms. The second kappa shape index (κ2) is 2.57. The maximum atomic E-state index is 5.60. The Morgan fingerprint density at radius 1 is 1.64 bits per heavy atom.